The smallest absolute Gasteiger partial charge is 0.242 e. The minimum Gasteiger partial charge on any atom is -0.374 e. The molecule has 0 spiro atoms. The highest BCUT2D eigenvalue weighted by molar-refractivity contribution is 5.84. The summed E-state index contributed by atoms with van der Waals surface area (Å²) in [5, 5.41) is 8.91. The molecule has 1 amide bonds. The maximum absolute atomic E-state index is 11.9. The summed E-state index contributed by atoms with van der Waals surface area (Å²) in [4.78, 5) is 20.6. The minimum absolute atomic E-state index is 0.0685. The number of carbonyl (C=O) groups excluding carboxylic acids is 1. The summed E-state index contributed by atoms with van der Waals surface area (Å²) in [5.41, 5.74) is 0. The largest absolute Gasteiger partial charge is 0.374 e. The summed E-state index contributed by atoms with van der Waals surface area (Å²) >= 11 is 0. The van der Waals surface area contributed by atoms with Crippen molar-refractivity contribution >= 4 is 17.5 Å². The second kappa shape index (κ2) is 8.41. The van der Waals surface area contributed by atoms with Gasteiger partial charge in [0.1, 0.15) is 24.3 Å². The highest BCUT2D eigenvalue weighted by Crippen LogP contribution is 2.12. The average Bonchev–Trinajstić information content (AvgIpc) is 2.44. The predicted molar refractivity (Wildman–Crippen MR) is 83.3 cm³/mol. The topological polar surface area (TPSA) is 88.2 Å². The molecule has 0 fully saturated rings. The summed E-state index contributed by atoms with van der Waals surface area (Å²) in [6.07, 6.45) is 0. The standard InChI is InChI=1S/C14H25N5O2/c1-6-21-8-13-18-11(15-5)7-12(19-13)17-10(4)14(20)16-9(2)3/h7,9-10H,6,8H2,1-5H3,(H,16,20)(H2,15,17,18,19). The van der Waals surface area contributed by atoms with Crippen LogP contribution in [0.1, 0.15) is 33.5 Å². The maximum Gasteiger partial charge on any atom is 0.242 e. The Balaban J connectivity index is 2.78. The van der Waals surface area contributed by atoms with Crippen molar-refractivity contribution in [2.24, 2.45) is 0 Å². The van der Waals surface area contributed by atoms with E-state index in [1.165, 1.54) is 0 Å². The zero-order chi connectivity index (χ0) is 15.8. The number of aromatic nitrogens is 2. The van der Waals surface area contributed by atoms with E-state index in [0.29, 0.717) is 30.7 Å². The van der Waals surface area contributed by atoms with Gasteiger partial charge in [-0.15, -0.1) is 0 Å². The molecular formula is C14H25N5O2. The number of rotatable bonds is 8. The van der Waals surface area contributed by atoms with Gasteiger partial charge in [-0.1, -0.05) is 0 Å². The lowest BCUT2D eigenvalue weighted by molar-refractivity contribution is -0.122. The van der Waals surface area contributed by atoms with Crippen LogP contribution in [-0.4, -0.2) is 41.6 Å². The summed E-state index contributed by atoms with van der Waals surface area (Å²) in [5.74, 6) is 1.78. The van der Waals surface area contributed by atoms with Gasteiger partial charge in [-0.05, 0) is 27.7 Å². The van der Waals surface area contributed by atoms with Crippen molar-refractivity contribution in [3.63, 3.8) is 0 Å². The van der Waals surface area contributed by atoms with Crippen molar-refractivity contribution in [1.29, 1.82) is 0 Å². The molecule has 118 valence electrons. The van der Waals surface area contributed by atoms with Gasteiger partial charge in [-0.25, -0.2) is 9.97 Å². The predicted octanol–water partition coefficient (Wildman–Crippen LogP) is 1.38. The Morgan fingerprint density at radius 1 is 1.29 bits per heavy atom. The quantitative estimate of drug-likeness (QED) is 0.671. The molecule has 21 heavy (non-hydrogen) atoms. The summed E-state index contributed by atoms with van der Waals surface area (Å²) in [6, 6.07) is 1.48. The van der Waals surface area contributed by atoms with E-state index in [-0.39, 0.29) is 18.0 Å². The fraction of sp³-hybridized carbons (Fsp3) is 0.643. The van der Waals surface area contributed by atoms with E-state index in [1.54, 1.807) is 20.0 Å². The third-order valence-electron chi connectivity index (χ3n) is 2.65. The average molecular weight is 295 g/mol. The molecule has 1 aromatic rings. The first-order valence-electron chi connectivity index (χ1n) is 7.16. The van der Waals surface area contributed by atoms with Gasteiger partial charge in [0, 0.05) is 25.8 Å². The zero-order valence-electron chi connectivity index (χ0n) is 13.4. The Kier molecular flexibility index (Phi) is 6.87. The van der Waals surface area contributed by atoms with Gasteiger partial charge < -0.3 is 20.7 Å². The Hall–Kier alpha value is -1.89. The molecule has 1 atom stereocenters. The Morgan fingerprint density at radius 2 is 1.95 bits per heavy atom. The highest BCUT2D eigenvalue weighted by Gasteiger charge is 2.15. The molecule has 3 N–H and O–H groups in total. The zero-order valence-corrected chi connectivity index (χ0v) is 13.4. The number of nitrogens with one attached hydrogen (secondary N) is 3. The highest BCUT2D eigenvalue weighted by atomic mass is 16.5. The first kappa shape index (κ1) is 17.2. The molecule has 7 nitrogen and oxygen atoms in total. The molecule has 0 aliphatic rings. The number of ether oxygens (including phenoxy) is 1. The minimum atomic E-state index is -0.382. The van der Waals surface area contributed by atoms with Gasteiger partial charge in [-0.3, -0.25) is 4.79 Å². The van der Waals surface area contributed by atoms with Crippen LogP contribution in [0.3, 0.4) is 0 Å². The van der Waals surface area contributed by atoms with Crippen molar-refractivity contribution in [3.8, 4) is 0 Å². The lowest BCUT2D eigenvalue weighted by Crippen LogP contribution is -2.41. The van der Waals surface area contributed by atoms with Crippen LogP contribution in [0.2, 0.25) is 0 Å². The molecule has 0 aromatic carbocycles. The molecule has 0 saturated heterocycles. The molecule has 1 rings (SSSR count). The third kappa shape index (κ3) is 5.95. The molecule has 0 radical (unpaired) electrons. The first-order chi connectivity index (χ1) is 9.96. The third-order valence-corrected chi connectivity index (χ3v) is 2.65. The summed E-state index contributed by atoms with van der Waals surface area (Å²) in [6.45, 7) is 8.50. The van der Waals surface area contributed by atoms with Crippen molar-refractivity contribution in [2.75, 3.05) is 24.3 Å². The normalized spacial score (nSPS) is 12.1. The van der Waals surface area contributed by atoms with Crippen molar-refractivity contribution in [2.45, 2.75) is 46.4 Å². The number of nitrogens with zero attached hydrogens (tertiary/aromatic N) is 2. The monoisotopic (exact) mass is 295 g/mol. The van der Waals surface area contributed by atoms with Crippen LogP contribution in [0.25, 0.3) is 0 Å². The Morgan fingerprint density at radius 3 is 2.52 bits per heavy atom. The molecule has 1 aromatic heterocycles. The van der Waals surface area contributed by atoms with E-state index in [4.69, 9.17) is 4.74 Å². The van der Waals surface area contributed by atoms with Crippen LogP contribution in [-0.2, 0) is 16.1 Å². The number of carbonyl (C=O) groups is 1. The van der Waals surface area contributed by atoms with E-state index in [0.717, 1.165) is 0 Å². The van der Waals surface area contributed by atoms with Crippen molar-refractivity contribution in [3.05, 3.63) is 11.9 Å². The lowest BCUT2D eigenvalue weighted by atomic mass is 10.3. The van der Waals surface area contributed by atoms with E-state index in [1.807, 2.05) is 20.8 Å². The first-order valence-corrected chi connectivity index (χ1v) is 7.16. The van der Waals surface area contributed by atoms with E-state index in [2.05, 4.69) is 25.9 Å². The fourth-order valence-electron chi connectivity index (χ4n) is 1.65. The van der Waals surface area contributed by atoms with Gasteiger partial charge >= 0.3 is 0 Å². The summed E-state index contributed by atoms with van der Waals surface area (Å²) < 4.78 is 5.32. The molecule has 1 unspecified atom stereocenters. The second-order valence-electron chi connectivity index (χ2n) is 4.97. The van der Waals surface area contributed by atoms with Gasteiger partial charge in [0.2, 0.25) is 5.91 Å². The Bertz CT molecular complexity index is 465. The SMILES string of the molecule is CCOCc1nc(NC)cc(NC(C)C(=O)NC(C)C)n1. The molecule has 7 heteroatoms. The van der Waals surface area contributed by atoms with Crippen LogP contribution < -0.4 is 16.0 Å². The van der Waals surface area contributed by atoms with Gasteiger partial charge in [0.15, 0.2) is 5.82 Å². The van der Waals surface area contributed by atoms with E-state index >= 15 is 0 Å². The molecule has 1 heterocycles. The van der Waals surface area contributed by atoms with Crippen molar-refractivity contribution < 1.29 is 9.53 Å². The van der Waals surface area contributed by atoms with Crippen LogP contribution in [0.15, 0.2) is 6.07 Å². The molecule has 0 saturated carbocycles. The maximum atomic E-state index is 11.9. The van der Waals surface area contributed by atoms with Crippen molar-refractivity contribution in [1.82, 2.24) is 15.3 Å². The van der Waals surface area contributed by atoms with E-state index in [9.17, 15) is 4.79 Å². The Labute approximate surface area is 125 Å². The van der Waals surface area contributed by atoms with Crippen LogP contribution in [0.5, 0.6) is 0 Å². The summed E-state index contributed by atoms with van der Waals surface area (Å²) in [7, 11) is 1.78. The van der Waals surface area contributed by atoms with E-state index < -0.39 is 0 Å². The number of anilines is 2. The number of amides is 1. The van der Waals surface area contributed by atoms with Gasteiger partial charge in [-0.2, -0.15) is 0 Å². The number of hydrogen-bond acceptors (Lipinski definition) is 6. The molecule has 0 aliphatic heterocycles. The molecular weight excluding hydrogens is 270 g/mol. The lowest BCUT2D eigenvalue weighted by Gasteiger charge is -2.17. The van der Waals surface area contributed by atoms with Gasteiger partial charge in [0.25, 0.3) is 0 Å². The van der Waals surface area contributed by atoms with Crippen LogP contribution >= 0.6 is 0 Å². The second-order valence-corrected chi connectivity index (χ2v) is 4.97. The molecule has 0 bridgehead atoms. The molecule has 0 aliphatic carbocycles. The fourth-order valence-corrected chi connectivity index (χ4v) is 1.65. The van der Waals surface area contributed by atoms with Crippen LogP contribution in [0.4, 0.5) is 11.6 Å². The number of hydrogen-bond donors (Lipinski definition) is 3. The van der Waals surface area contributed by atoms with Gasteiger partial charge in [0.05, 0.1) is 0 Å². The van der Waals surface area contributed by atoms with Crippen LogP contribution in [0, 0.1) is 0 Å².